The molecule has 2 aliphatic rings. The third-order valence-corrected chi connectivity index (χ3v) is 11.7. The van der Waals surface area contributed by atoms with Crippen LogP contribution in [-0.4, -0.2) is 7.28 Å². The van der Waals surface area contributed by atoms with Gasteiger partial charge in [-0.15, -0.1) is 11.3 Å². The molecule has 0 saturated heterocycles. The highest BCUT2D eigenvalue weighted by Crippen LogP contribution is 2.52. The van der Waals surface area contributed by atoms with Gasteiger partial charge in [0.1, 0.15) is 0 Å². The van der Waals surface area contributed by atoms with E-state index in [0.717, 1.165) is 51.0 Å². The van der Waals surface area contributed by atoms with Gasteiger partial charge in [-0.1, -0.05) is 96.5 Å². The maximum absolute atomic E-state index is 6.50. The van der Waals surface area contributed by atoms with E-state index >= 15 is 0 Å². The smallest absolute Gasteiger partial charge is 0.198 e. The Morgan fingerprint density at radius 1 is 0.577 bits per heavy atom. The normalized spacial score (nSPS) is 12.6. The molecule has 0 bridgehead atoms. The summed E-state index contributed by atoms with van der Waals surface area (Å²) in [4.78, 5) is 2.41. The number of aryl methyl sites for hydroxylation is 1. The molecule has 0 unspecified atom stereocenters. The van der Waals surface area contributed by atoms with Gasteiger partial charge in [-0.2, -0.15) is 0 Å². The van der Waals surface area contributed by atoms with Gasteiger partial charge in [0.15, 0.2) is 18.8 Å². The van der Waals surface area contributed by atoms with Crippen LogP contribution >= 0.6 is 11.3 Å². The topological polar surface area (TPSA) is 24.5 Å². The van der Waals surface area contributed by atoms with Gasteiger partial charge in [0, 0.05) is 42.8 Å². The van der Waals surface area contributed by atoms with Gasteiger partial charge in [0.05, 0.1) is 11.4 Å². The summed E-state index contributed by atoms with van der Waals surface area (Å²) >= 11 is 1.85. The molecule has 243 valence electrons. The molecule has 52 heavy (non-hydrogen) atoms. The lowest BCUT2D eigenvalue weighted by Gasteiger charge is -2.39. The molecule has 0 fully saturated rings. The van der Waals surface area contributed by atoms with Crippen LogP contribution < -0.4 is 25.9 Å². The van der Waals surface area contributed by atoms with Crippen molar-refractivity contribution >= 4 is 88.9 Å². The lowest BCUT2D eigenvalue weighted by Crippen LogP contribution is -2.42. The van der Waals surface area contributed by atoms with E-state index in [1.807, 2.05) is 17.4 Å². The number of benzene rings is 8. The van der Waals surface area contributed by atoms with Crippen molar-refractivity contribution in [2.45, 2.75) is 6.92 Å². The molecule has 1 aromatic heterocycles. The molecule has 5 heteroatoms. The van der Waals surface area contributed by atoms with E-state index in [2.05, 4.69) is 176 Å². The van der Waals surface area contributed by atoms with Gasteiger partial charge < -0.3 is 15.0 Å². The summed E-state index contributed by atoms with van der Waals surface area (Å²) in [7, 11) is 2.35. The van der Waals surface area contributed by atoms with Crippen LogP contribution in [0.1, 0.15) is 5.56 Å². The maximum atomic E-state index is 6.50. The molecule has 11 rings (SSSR count). The summed E-state index contributed by atoms with van der Waals surface area (Å²) in [5.41, 5.74) is 13.7. The van der Waals surface area contributed by atoms with Crippen molar-refractivity contribution in [1.82, 2.24) is 0 Å². The molecule has 8 aromatic carbocycles. The van der Waals surface area contributed by atoms with Crippen molar-refractivity contribution in [3.63, 3.8) is 0 Å². The van der Waals surface area contributed by atoms with Crippen LogP contribution in [0.25, 0.3) is 53.2 Å². The minimum atomic E-state index is 0.854. The highest BCUT2D eigenvalue weighted by Gasteiger charge is 2.35. The second-order valence-corrected chi connectivity index (χ2v) is 14.8. The number of rotatable bonds is 4. The van der Waals surface area contributed by atoms with E-state index in [-0.39, 0.29) is 0 Å². The molecule has 0 amide bonds. The Balaban J connectivity index is 1.18. The molecular formula is C47H30BN2OS. The van der Waals surface area contributed by atoms with Gasteiger partial charge >= 0.3 is 0 Å². The average Bonchev–Trinajstić information content (AvgIpc) is 3.55. The summed E-state index contributed by atoms with van der Waals surface area (Å²) < 4.78 is 9.11. The first-order chi connectivity index (χ1) is 25.7. The summed E-state index contributed by atoms with van der Waals surface area (Å²) in [6, 6.07) is 57.0. The van der Waals surface area contributed by atoms with Crippen LogP contribution in [0.4, 0.5) is 28.4 Å². The molecule has 0 atom stereocenters. The van der Waals surface area contributed by atoms with Crippen molar-refractivity contribution in [1.29, 1.82) is 0 Å². The minimum Gasteiger partial charge on any atom is -0.453 e. The van der Waals surface area contributed by atoms with Crippen molar-refractivity contribution in [3.05, 3.63) is 163 Å². The lowest BCUT2D eigenvalue weighted by molar-refractivity contribution is 0.477. The molecule has 0 spiro atoms. The Bertz CT molecular complexity index is 2930. The number of hydrogen-bond acceptors (Lipinski definition) is 4. The van der Waals surface area contributed by atoms with Gasteiger partial charge in [-0.25, -0.2) is 0 Å². The van der Waals surface area contributed by atoms with E-state index in [1.54, 1.807) is 0 Å². The van der Waals surface area contributed by atoms with Crippen LogP contribution in [0.3, 0.4) is 0 Å². The fraction of sp³-hybridized carbons (Fsp3) is 0.0213. The number of para-hydroxylation sites is 3. The van der Waals surface area contributed by atoms with E-state index in [4.69, 9.17) is 4.74 Å². The largest absolute Gasteiger partial charge is 0.453 e. The van der Waals surface area contributed by atoms with E-state index < -0.39 is 0 Å². The summed E-state index contributed by atoms with van der Waals surface area (Å²) in [6.07, 6.45) is 0. The number of thiophene rings is 1. The number of nitrogens with one attached hydrogen (secondary N) is 1. The average molecular weight is 682 g/mol. The molecule has 2 aliphatic heterocycles. The first kappa shape index (κ1) is 29.4. The molecule has 1 N–H and O–H groups in total. The Hall–Kier alpha value is -6.30. The van der Waals surface area contributed by atoms with Gasteiger partial charge in [-0.05, 0) is 112 Å². The lowest BCUT2D eigenvalue weighted by atomic mass is 9.57. The van der Waals surface area contributed by atoms with Gasteiger partial charge in [0.2, 0.25) is 0 Å². The van der Waals surface area contributed by atoms with Gasteiger partial charge in [0.25, 0.3) is 0 Å². The summed E-state index contributed by atoms with van der Waals surface area (Å²) in [5.74, 6) is 1.72. The molecule has 0 aliphatic carbocycles. The monoisotopic (exact) mass is 681 g/mol. The first-order valence-electron chi connectivity index (χ1n) is 17.7. The number of ether oxygens (including phenoxy) is 1. The molecule has 1 radical (unpaired) electrons. The fourth-order valence-corrected chi connectivity index (χ4v) is 9.21. The van der Waals surface area contributed by atoms with Crippen LogP contribution in [0, 0.1) is 6.92 Å². The number of hydrogen-bond donors (Lipinski definition) is 1. The van der Waals surface area contributed by atoms with Crippen molar-refractivity contribution < 1.29 is 4.74 Å². The second kappa shape index (κ2) is 11.4. The third-order valence-electron chi connectivity index (χ3n) is 10.6. The Morgan fingerprint density at radius 2 is 1.35 bits per heavy atom. The molecular weight excluding hydrogens is 651 g/mol. The van der Waals surface area contributed by atoms with Crippen molar-refractivity contribution in [2.75, 3.05) is 10.2 Å². The number of fused-ring (bicyclic) bond motifs is 8. The SMILES string of the molecule is Cc1ccccc1-c1cc(-c2cc3ccccc3cc2Nc2ccc3sc4ccccc4c3c2)c2c(c1)N1c3ccccc3Oc3cccc(c31)[B]2. The highest BCUT2D eigenvalue weighted by molar-refractivity contribution is 7.25. The zero-order valence-corrected chi connectivity index (χ0v) is 29.2. The fourth-order valence-electron chi connectivity index (χ4n) is 8.13. The van der Waals surface area contributed by atoms with Crippen LogP contribution in [-0.2, 0) is 0 Å². The minimum absolute atomic E-state index is 0.854. The van der Waals surface area contributed by atoms with Crippen molar-refractivity contribution in [2.24, 2.45) is 0 Å². The highest BCUT2D eigenvalue weighted by atomic mass is 32.1. The number of nitrogens with zero attached hydrogens (tertiary/aromatic N) is 1. The van der Waals surface area contributed by atoms with Gasteiger partial charge in [-0.3, -0.25) is 0 Å². The predicted molar refractivity (Wildman–Crippen MR) is 222 cm³/mol. The van der Waals surface area contributed by atoms with E-state index in [0.29, 0.717) is 0 Å². The zero-order chi connectivity index (χ0) is 34.3. The Morgan fingerprint density at radius 3 is 2.27 bits per heavy atom. The van der Waals surface area contributed by atoms with E-state index in [9.17, 15) is 0 Å². The molecule has 3 nitrogen and oxygen atoms in total. The number of anilines is 5. The summed E-state index contributed by atoms with van der Waals surface area (Å²) in [6.45, 7) is 2.20. The Kier molecular flexibility index (Phi) is 6.43. The van der Waals surface area contributed by atoms with E-state index in [1.165, 1.54) is 58.7 Å². The Labute approximate surface area is 306 Å². The standard InChI is InChI=1S/C47H30BN2OS/c1-28-11-2-5-14-33(28)31-24-37(46-41(26-31)50-40-17-7-8-18-42(40)51-43-19-10-16-38(48-46)47(43)50)35-23-29-12-3-4-13-30(29)25-39(35)49-32-21-22-45-36(27-32)34-15-6-9-20-44(34)52-45/h2-27,49H,1H3. The summed E-state index contributed by atoms with van der Waals surface area (Å²) in [5, 5.41) is 8.89. The second-order valence-electron chi connectivity index (χ2n) is 13.7. The maximum Gasteiger partial charge on any atom is 0.198 e. The zero-order valence-electron chi connectivity index (χ0n) is 28.4. The molecule has 9 aromatic rings. The predicted octanol–water partition coefficient (Wildman–Crippen LogP) is 12.1. The van der Waals surface area contributed by atoms with Crippen molar-refractivity contribution in [3.8, 4) is 33.8 Å². The molecule has 3 heterocycles. The molecule has 0 saturated carbocycles. The van der Waals surface area contributed by atoms with Crippen LogP contribution in [0.15, 0.2) is 158 Å². The van der Waals surface area contributed by atoms with Crippen LogP contribution in [0.5, 0.6) is 11.5 Å². The van der Waals surface area contributed by atoms with Crippen LogP contribution in [0.2, 0.25) is 0 Å². The third kappa shape index (κ3) is 4.53. The quantitative estimate of drug-likeness (QED) is 0.187. The first-order valence-corrected chi connectivity index (χ1v) is 18.5.